The van der Waals surface area contributed by atoms with Crippen molar-refractivity contribution in [1.29, 1.82) is 0 Å². The van der Waals surface area contributed by atoms with Crippen molar-refractivity contribution >= 4 is 22.8 Å². The number of carbonyl (C=O) groups excluding carboxylic acids is 1. The van der Waals surface area contributed by atoms with Crippen LogP contribution in [-0.2, 0) is 13.3 Å². The van der Waals surface area contributed by atoms with E-state index in [9.17, 15) is 31.1 Å². The predicted molar refractivity (Wildman–Crippen MR) is 102 cm³/mol. The van der Waals surface area contributed by atoms with Gasteiger partial charge in [0.15, 0.2) is 8.32 Å². The second-order valence-corrected chi connectivity index (χ2v) is 16.1. The summed E-state index contributed by atoms with van der Waals surface area (Å²) in [7, 11) is -4.61. The van der Waals surface area contributed by atoms with Crippen molar-refractivity contribution in [2.75, 3.05) is 19.8 Å². The molecule has 1 fully saturated rings. The zero-order valence-corrected chi connectivity index (χ0v) is 19.5. The number of hydrogen-bond acceptors (Lipinski definition) is 3. The fourth-order valence-electron chi connectivity index (χ4n) is 3.84. The van der Waals surface area contributed by atoms with Crippen molar-refractivity contribution in [3.8, 4) is 0 Å². The summed E-state index contributed by atoms with van der Waals surface area (Å²) in [5, 5.41) is 0. The summed E-state index contributed by atoms with van der Waals surface area (Å²) in [6, 6.07) is 0.811. The van der Waals surface area contributed by atoms with Gasteiger partial charge in [0.2, 0.25) is 11.8 Å². The Hall–Kier alpha value is -0.596. The van der Waals surface area contributed by atoms with Crippen LogP contribution >= 0.6 is 0 Å². The topological polar surface area (TPSA) is 38.8 Å². The van der Waals surface area contributed by atoms with Gasteiger partial charge in [-0.05, 0) is 31.1 Å². The van der Waals surface area contributed by atoms with Crippen LogP contribution in [0.5, 0.6) is 0 Å². The molecule has 0 aliphatic carbocycles. The van der Waals surface area contributed by atoms with Gasteiger partial charge in [-0.2, -0.15) is 26.3 Å². The average Bonchev–Trinajstić information content (AvgIpc) is 2.55. The molecule has 0 radical (unpaired) electrons. The maximum absolute atomic E-state index is 12.9. The minimum Gasteiger partial charge on any atom is -0.434 e. The van der Waals surface area contributed by atoms with E-state index in [4.69, 9.17) is 8.54 Å². The molecular weight excluding hydrogens is 436 g/mol. The fourth-order valence-corrected chi connectivity index (χ4v) is 13.5. The van der Waals surface area contributed by atoms with Crippen LogP contribution in [0, 0.1) is 5.92 Å². The smallest absolute Gasteiger partial charge is 0.409 e. The number of nitrogens with zero attached hydrogens (tertiary/aromatic N) is 1. The number of alkyl halides is 6. The third-order valence-electron chi connectivity index (χ3n) is 5.48. The van der Waals surface area contributed by atoms with E-state index in [1.165, 1.54) is 0 Å². The van der Waals surface area contributed by atoms with Gasteiger partial charge in [-0.15, -0.1) is 0 Å². The van der Waals surface area contributed by atoms with Gasteiger partial charge < -0.3 is 13.4 Å². The average molecular weight is 468 g/mol. The first-order valence-electron chi connectivity index (χ1n) is 9.78. The molecule has 1 aliphatic heterocycles. The number of amides is 1. The highest BCUT2D eigenvalue weighted by Gasteiger charge is 2.62. The van der Waals surface area contributed by atoms with E-state index in [2.05, 4.69) is 6.92 Å². The lowest BCUT2D eigenvalue weighted by Crippen LogP contribution is -2.59. The van der Waals surface area contributed by atoms with E-state index >= 15 is 0 Å². The third kappa shape index (κ3) is 7.25. The monoisotopic (exact) mass is 467 g/mol. The van der Waals surface area contributed by atoms with Crippen molar-refractivity contribution < 1.29 is 39.7 Å². The van der Waals surface area contributed by atoms with Crippen LogP contribution in [0.2, 0.25) is 24.7 Å². The van der Waals surface area contributed by atoms with Gasteiger partial charge in [-0.3, -0.25) is 4.79 Å². The van der Waals surface area contributed by atoms with Crippen LogP contribution in [0.15, 0.2) is 0 Å². The quantitative estimate of drug-likeness (QED) is 0.402. The molecule has 0 aromatic rings. The van der Waals surface area contributed by atoms with E-state index in [0.717, 1.165) is 38.8 Å². The maximum atomic E-state index is 12.9. The van der Waals surface area contributed by atoms with Gasteiger partial charge in [0, 0.05) is 13.7 Å². The maximum Gasteiger partial charge on any atom is 0.409 e. The predicted octanol–water partition coefficient (Wildman–Crippen LogP) is 5.39. The second-order valence-electron chi connectivity index (χ2n) is 8.25. The minimum atomic E-state index is -5.72. The lowest BCUT2D eigenvalue weighted by molar-refractivity contribution is -0.277. The van der Waals surface area contributed by atoms with Crippen molar-refractivity contribution in [3.63, 3.8) is 0 Å². The molecule has 1 rings (SSSR count). The number of rotatable bonds is 5. The van der Waals surface area contributed by atoms with Crippen molar-refractivity contribution in [3.05, 3.63) is 0 Å². The summed E-state index contributed by atoms with van der Waals surface area (Å²) in [5.74, 6) is -6.08. The zero-order valence-electron chi connectivity index (χ0n) is 17.5. The summed E-state index contributed by atoms with van der Waals surface area (Å²) in [5.41, 5.74) is 0.273. The number of halogens is 6. The Kier molecular flexibility index (Phi) is 8.83. The summed E-state index contributed by atoms with van der Waals surface area (Å²) < 4.78 is 90.0. The highest BCUT2D eigenvalue weighted by atomic mass is 28.4. The zero-order chi connectivity index (χ0) is 22.7. The first kappa shape index (κ1) is 26.4. The first-order chi connectivity index (χ1) is 13.1. The normalized spacial score (nSPS) is 29.9. The Morgan fingerprint density at radius 3 is 2.17 bits per heavy atom. The van der Waals surface area contributed by atoms with Crippen molar-refractivity contribution in [1.82, 2.24) is 4.90 Å². The van der Waals surface area contributed by atoms with Crippen LogP contribution in [0.1, 0.15) is 39.5 Å². The van der Waals surface area contributed by atoms with Crippen LogP contribution in [-0.4, -0.2) is 59.9 Å². The lowest BCUT2D eigenvalue weighted by Gasteiger charge is -2.42. The molecule has 0 saturated carbocycles. The molecule has 29 heavy (non-hydrogen) atoms. The third-order valence-corrected chi connectivity index (χ3v) is 14.8. The molecule has 3 atom stereocenters. The Morgan fingerprint density at radius 2 is 1.69 bits per heavy atom. The van der Waals surface area contributed by atoms with Gasteiger partial charge in [0.1, 0.15) is 0 Å². The Balaban J connectivity index is 3.13. The van der Waals surface area contributed by atoms with E-state index in [0.29, 0.717) is 11.5 Å². The Morgan fingerprint density at radius 1 is 1.14 bits per heavy atom. The van der Waals surface area contributed by atoms with E-state index in [1.807, 2.05) is 13.5 Å². The van der Waals surface area contributed by atoms with E-state index in [1.54, 1.807) is 6.55 Å². The molecule has 0 aromatic heterocycles. The van der Waals surface area contributed by atoms with Crippen molar-refractivity contribution in [2.45, 2.75) is 76.6 Å². The van der Waals surface area contributed by atoms with Gasteiger partial charge in [0.05, 0.1) is 6.17 Å². The molecule has 1 amide bonds. The molecule has 0 bridgehead atoms. The number of hydrogen-bond donors (Lipinski definition) is 0. The molecule has 0 N–H and O–H groups in total. The van der Waals surface area contributed by atoms with Crippen LogP contribution < -0.4 is 0 Å². The van der Waals surface area contributed by atoms with Gasteiger partial charge in [0.25, 0.3) is 0 Å². The summed E-state index contributed by atoms with van der Waals surface area (Å²) in [4.78, 5) is 12.6. The standard InChI is InChI=1S/C17H31F6NO3Si2/c1-6-11-28(4)13(2)9-7-8-10-26-29(5,27-28)12-24(3)15(25)14(16(18,19)20)17(21,22)23/h13-14H,6-12H2,1-5H3. The molecule has 1 aliphatic rings. The molecule has 172 valence electrons. The molecule has 1 heterocycles. The Labute approximate surface area is 170 Å². The van der Waals surface area contributed by atoms with Crippen LogP contribution in [0.4, 0.5) is 26.3 Å². The lowest BCUT2D eigenvalue weighted by atomic mass is 10.1. The molecule has 1 saturated heterocycles. The fraction of sp³-hybridized carbons (Fsp3) is 0.941. The van der Waals surface area contributed by atoms with Crippen LogP contribution in [0.25, 0.3) is 0 Å². The number of carbonyl (C=O) groups is 1. The summed E-state index contributed by atoms with van der Waals surface area (Å²) in [6.45, 7) is 8.08. The molecule has 3 unspecified atom stereocenters. The summed E-state index contributed by atoms with van der Waals surface area (Å²) >= 11 is 0. The molecule has 12 heteroatoms. The highest BCUT2D eigenvalue weighted by Crippen LogP contribution is 2.41. The van der Waals surface area contributed by atoms with E-state index < -0.39 is 41.1 Å². The largest absolute Gasteiger partial charge is 0.434 e. The second kappa shape index (κ2) is 9.69. The molecule has 4 nitrogen and oxygen atoms in total. The van der Waals surface area contributed by atoms with Crippen LogP contribution in [0.3, 0.4) is 0 Å². The minimum absolute atomic E-state index is 0.273. The SMILES string of the molecule is CCC[Si]1(C)O[Si](C)(CN(C)C(=O)C(C(F)(F)F)C(F)(F)F)OCCCCC1C. The summed E-state index contributed by atoms with van der Waals surface area (Å²) in [6.07, 6.45) is -8.36. The van der Waals surface area contributed by atoms with Gasteiger partial charge in [-0.25, -0.2) is 0 Å². The highest BCUT2D eigenvalue weighted by molar-refractivity contribution is 6.84. The van der Waals surface area contributed by atoms with Gasteiger partial charge in [-0.1, -0.05) is 33.1 Å². The Bertz CT molecular complexity index is 548. The van der Waals surface area contributed by atoms with Crippen molar-refractivity contribution in [2.24, 2.45) is 5.92 Å². The molecule has 0 spiro atoms. The van der Waals surface area contributed by atoms with E-state index in [-0.39, 0.29) is 11.7 Å². The first-order valence-corrected chi connectivity index (χ1v) is 15.0. The molecule has 0 aromatic carbocycles. The molecular formula is C17H31F6NO3Si2. The van der Waals surface area contributed by atoms with Gasteiger partial charge >= 0.3 is 20.9 Å².